The summed E-state index contributed by atoms with van der Waals surface area (Å²) in [6.07, 6.45) is 2.14. The highest BCUT2D eigenvalue weighted by Crippen LogP contribution is 2.43. The molecule has 5 heteroatoms. The van der Waals surface area contributed by atoms with Crippen molar-refractivity contribution in [2.75, 3.05) is 7.11 Å². The van der Waals surface area contributed by atoms with Gasteiger partial charge in [0.05, 0.1) is 7.11 Å². The molecule has 0 saturated carbocycles. The first-order chi connectivity index (χ1) is 9.19. The second-order valence-electron chi connectivity index (χ2n) is 6.26. The van der Waals surface area contributed by atoms with Gasteiger partial charge in [-0.15, -0.1) is 0 Å². The highest BCUT2D eigenvalue weighted by atomic mass is 127. The Morgan fingerprint density at radius 1 is 1.15 bits per heavy atom. The highest BCUT2D eigenvalue weighted by Gasteiger charge is 2.46. The van der Waals surface area contributed by atoms with Crippen LogP contribution in [0.2, 0.25) is 16.6 Å². The molecular formula is C15H26INO2Si. The van der Waals surface area contributed by atoms with Gasteiger partial charge in [0, 0.05) is 9.77 Å². The highest BCUT2D eigenvalue weighted by molar-refractivity contribution is 14.1. The van der Waals surface area contributed by atoms with Crippen molar-refractivity contribution in [3.05, 3.63) is 21.5 Å². The van der Waals surface area contributed by atoms with Crippen molar-refractivity contribution in [3.8, 4) is 0 Å². The summed E-state index contributed by atoms with van der Waals surface area (Å²) in [5.74, 6) is -0.230. The van der Waals surface area contributed by atoms with Crippen LogP contribution in [0.25, 0.3) is 0 Å². The first-order valence-corrected chi connectivity index (χ1v) is 10.4. The van der Waals surface area contributed by atoms with Crippen LogP contribution in [0.1, 0.15) is 52.0 Å². The fraction of sp³-hybridized carbons (Fsp3) is 0.667. The van der Waals surface area contributed by atoms with Gasteiger partial charge in [-0.05, 0) is 45.3 Å². The number of halogens is 1. The third-order valence-electron chi connectivity index (χ3n) is 4.37. The molecule has 1 rings (SSSR count). The monoisotopic (exact) mass is 407 g/mol. The summed E-state index contributed by atoms with van der Waals surface area (Å²) in [6.45, 7) is 13.8. The quantitative estimate of drug-likeness (QED) is 0.395. The molecule has 0 amide bonds. The molecule has 3 nitrogen and oxygen atoms in total. The third kappa shape index (κ3) is 2.84. The lowest BCUT2D eigenvalue weighted by atomic mass is 10.4. The van der Waals surface area contributed by atoms with Gasteiger partial charge >= 0.3 is 5.97 Å². The molecule has 0 atom stereocenters. The number of aromatic nitrogens is 1. The van der Waals surface area contributed by atoms with E-state index in [1.165, 1.54) is 7.11 Å². The Morgan fingerprint density at radius 2 is 1.60 bits per heavy atom. The second kappa shape index (κ2) is 6.64. The average Bonchev–Trinajstić information content (AvgIpc) is 2.69. The molecule has 0 N–H and O–H groups in total. The third-order valence-corrected chi connectivity index (χ3v) is 11.7. The normalized spacial score (nSPS) is 12.6. The Balaban J connectivity index is 3.61. The average molecular weight is 407 g/mol. The molecule has 20 heavy (non-hydrogen) atoms. The molecular weight excluding hydrogens is 381 g/mol. The van der Waals surface area contributed by atoms with E-state index in [0.717, 1.165) is 3.57 Å². The molecule has 0 aliphatic rings. The summed E-state index contributed by atoms with van der Waals surface area (Å²) in [6, 6.07) is 1.95. The summed E-state index contributed by atoms with van der Waals surface area (Å²) in [7, 11) is -0.441. The van der Waals surface area contributed by atoms with Gasteiger partial charge in [0.2, 0.25) is 0 Å². The van der Waals surface area contributed by atoms with Crippen molar-refractivity contribution in [3.63, 3.8) is 0 Å². The molecule has 114 valence electrons. The maximum atomic E-state index is 12.1. The molecule has 0 bridgehead atoms. The lowest BCUT2D eigenvalue weighted by Crippen LogP contribution is -2.52. The van der Waals surface area contributed by atoms with Crippen LogP contribution < -0.4 is 0 Å². The Bertz CT molecular complexity index is 458. The zero-order valence-corrected chi connectivity index (χ0v) is 16.7. The van der Waals surface area contributed by atoms with Gasteiger partial charge in [-0.3, -0.25) is 0 Å². The van der Waals surface area contributed by atoms with Crippen molar-refractivity contribution >= 4 is 36.8 Å². The van der Waals surface area contributed by atoms with Crippen LogP contribution in [-0.2, 0) is 4.74 Å². The first kappa shape index (κ1) is 17.7. The Kier molecular flexibility index (Phi) is 5.89. The predicted molar refractivity (Wildman–Crippen MR) is 94.9 cm³/mol. The predicted octanol–water partition coefficient (Wildman–Crippen LogP) is 4.90. The molecule has 0 aliphatic heterocycles. The van der Waals surface area contributed by atoms with E-state index in [2.05, 4.69) is 74.6 Å². The summed E-state index contributed by atoms with van der Waals surface area (Å²) in [5.41, 5.74) is 2.36. The van der Waals surface area contributed by atoms with Crippen LogP contribution >= 0.6 is 22.6 Å². The Hall–Kier alpha value is -0.303. The van der Waals surface area contributed by atoms with Crippen LogP contribution in [0.5, 0.6) is 0 Å². The Morgan fingerprint density at radius 3 is 1.95 bits per heavy atom. The van der Waals surface area contributed by atoms with E-state index in [1.54, 1.807) is 0 Å². The minimum atomic E-state index is -1.90. The molecule has 0 saturated heterocycles. The van der Waals surface area contributed by atoms with Gasteiger partial charge in [-0.1, -0.05) is 41.5 Å². The number of methoxy groups -OCH3 is 1. The van der Waals surface area contributed by atoms with E-state index in [-0.39, 0.29) is 5.97 Å². The smallest absolute Gasteiger partial charge is 0.353 e. The van der Waals surface area contributed by atoms with E-state index < -0.39 is 8.24 Å². The maximum absolute atomic E-state index is 12.1. The van der Waals surface area contributed by atoms with Crippen LogP contribution in [0, 0.1) is 3.57 Å². The molecule has 1 heterocycles. The number of nitrogens with zero attached hydrogens (tertiary/aromatic N) is 1. The van der Waals surface area contributed by atoms with Crippen molar-refractivity contribution < 1.29 is 9.53 Å². The van der Waals surface area contributed by atoms with Gasteiger partial charge in [0.1, 0.15) is 5.69 Å². The van der Waals surface area contributed by atoms with E-state index in [0.29, 0.717) is 22.3 Å². The second-order valence-corrected chi connectivity index (χ2v) is 13.2. The minimum Gasteiger partial charge on any atom is -0.464 e. The van der Waals surface area contributed by atoms with Crippen LogP contribution in [0.4, 0.5) is 0 Å². The summed E-state index contributed by atoms with van der Waals surface area (Å²) < 4.78 is 8.37. The number of esters is 1. The van der Waals surface area contributed by atoms with E-state index in [1.807, 2.05) is 6.07 Å². The van der Waals surface area contributed by atoms with E-state index in [9.17, 15) is 4.79 Å². The first-order valence-electron chi connectivity index (χ1n) is 7.16. The lowest BCUT2D eigenvalue weighted by molar-refractivity contribution is 0.0592. The zero-order valence-electron chi connectivity index (χ0n) is 13.5. The van der Waals surface area contributed by atoms with Gasteiger partial charge in [-0.25, -0.2) is 4.79 Å². The molecule has 0 aliphatic carbocycles. The van der Waals surface area contributed by atoms with Crippen molar-refractivity contribution in [2.24, 2.45) is 0 Å². The standard InChI is InChI=1S/C15H26INO2Si/c1-10(2)20(11(3)4,12(5)6)17-9-13(16)8-14(17)15(18)19-7/h8-12H,1-7H3. The number of rotatable bonds is 5. The molecule has 0 spiro atoms. The van der Waals surface area contributed by atoms with E-state index >= 15 is 0 Å². The molecule has 0 aromatic carbocycles. The maximum Gasteiger partial charge on any atom is 0.353 e. The van der Waals surface area contributed by atoms with Gasteiger partial charge in [-0.2, -0.15) is 0 Å². The van der Waals surface area contributed by atoms with Gasteiger partial charge in [0.25, 0.3) is 0 Å². The SMILES string of the molecule is COC(=O)c1cc(I)cn1[Si](C(C)C)(C(C)C)C(C)C. The summed E-state index contributed by atoms with van der Waals surface area (Å²) in [5, 5.41) is 0. The Labute approximate surface area is 137 Å². The number of ether oxygens (including phenoxy) is 1. The molecule has 1 aromatic rings. The summed E-state index contributed by atoms with van der Waals surface area (Å²) >= 11 is 2.28. The molecule has 0 radical (unpaired) electrons. The fourth-order valence-corrected chi connectivity index (χ4v) is 11.3. The molecule has 0 unspecified atom stereocenters. The largest absolute Gasteiger partial charge is 0.464 e. The fourth-order valence-electron chi connectivity index (χ4n) is 3.85. The van der Waals surface area contributed by atoms with Crippen LogP contribution in [-0.4, -0.2) is 25.5 Å². The number of hydrogen-bond acceptors (Lipinski definition) is 2. The van der Waals surface area contributed by atoms with Crippen LogP contribution in [0.15, 0.2) is 12.3 Å². The van der Waals surface area contributed by atoms with Gasteiger partial charge < -0.3 is 8.97 Å². The molecule has 1 aromatic heterocycles. The van der Waals surface area contributed by atoms with Crippen molar-refractivity contribution in [1.82, 2.24) is 4.23 Å². The zero-order chi connectivity index (χ0) is 15.7. The topological polar surface area (TPSA) is 31.2 Å². The molecule has 0 fully saturated rings. The number of carbonyl (C=O) groups is 1. The van der Waals surface area contributed by atoms with Crippen molar-refractivity contribution in [2.45, 2.75) is 58.2 Å². The van der Waals surface area contributed by atoms with Crippen molar-refractivity contribution in [1.29, 1.82) is 0 Å². The van der Waals surface area contributed by atoms with Gasteiger partial charge in [0.15, 0.2) is 8.24 Å². The summed E-state index contributed by atoms with van der Waals surface area (Å²) in [4.78, 5) is 12.1. The van der Waals surface area contributed by atoms with Crippen LogP contribution in [0.3, 0.4) is 0 Å². The minimum absolute atomic E-state index is 0.230. The van der Waals surface area contributed by atoms with E-state index in [4.69, 9.17) is 4.74 Å². The number of carbonyl (C=O) groups excluding carboxylic acids is 1. The lowest BCUT2D eigenvalue weighted by Gasteiger charge is -2.44. The number of hydrogen-bond donors (Lipinski definition) is 0.